The van der Waals surface area contributed by atoms with E-state index in [9.17, 15) is 4.79 Å². The van der Waals surface area contributed by atoms with Gasteiger partial charge in [-0.15, -0.1) is 0 Å². The van der Waals surface area contributed by atoms with Crippen LogP contribution in [0.5, 0.6) is 0 Å². The monoisotopic (exact) mass is 476 g/mol. The van der Waals surface area contributed by atoms with Crippen molar-refractivity contribution in [2.45, 2.75) is 69.6 Å². The summed E-state index contributed by atoms with van der Waals surface area (Å²) in [6.45, 7) is 8.59. The number of piperazine rings is 1. The number of carbonyl (C=O) groups excluding carboxylic acids is 1. The molecule has 0 radical (unpaired) electrons. The molecule has 2 saturated heterocycles. The number of hydrogen-bond acceptors (Lipinski definition) is 5. The van der Waals surface area contributed by atoms with Gasteiger partial charge >= 0.3 is 0 Å². The van der Waals surface area contributed by atoms with E-state index >= 15 is 0 Å². The van der Waals surface area contributed by atoms with Gasteiger partial charge in [-0.2, -0.15) is 0 Å². The molecule has 1 unspecified atom stereocenters. The molecule has 2 aromatic rings. The first-order valence-electron chi connectivity index (χ1n) is 13.5. The molecular formula is C29H40N4O2. The van der Waals surface area contributed by atoms with Gasteiger partial charge < -0.3 is 4.74 Å². The summed E-state index contributed by atoms with van der Waals surface area (Å²) in [7, 11) is 0. The molecule has 1 atom stereocenters. The highest BCUT2D eigenvalue weighted by Crippen LogP contribution is 2.46. The first-order valence-corrected chi connectivity index (χ1v) is 13.5. The molecule has 35 heavy (non-hydrogen) atoms. The molecule has 2 aliphatic heterocycles. The van der Waals surface area contributed by atoms with Gasteiger partial charge in [-0.05, 0) is 43.4 Å². The molecule has 1 aromatic heterocycles. The van der Waals surface area contributed by atoms with Crippen LogP contribution >= 0.6 is 0 Å². The van der Waals surface area contributed by atoms with E-state index in [1.165, 1.54) is 18.4 Å². The largest absolute Gasteiger partial charge is 0.375 e. The van der Waals surface area contributed by atoms with Gasteiger partial charge in [0.25, 0.3) is 0 Å². The summed E-state index contributed by atoms with van der Waals surface area (Å²) < 4.78 is 6.49. The Hall–Kier alpha value is -2.28. The average molecular weight is 477 g/mol. The molecule has 0 bridgehead atoms. The molecule has 1 amide bonds. The minimum Gasteiger partial charge on any atom is -0.375 e. The Morgan fingerprint density at radius 3 is 2.43 bits per heavy atom. The minimum absolute atomic E-state index is 0.0233. The number of pyridine rings is 1. The van der Waals surface area contributed by atoms with Crippen LogP contribution in [0.1, 0.15) is 57.4 Å². The van der Waals surface area contributed by atoms with Crippen LogP contribution in [0.25, 0.3) is 0 Å². The molecule has 1 aromatic carbocycles. The molecule has 0 N–H and O–H groups in total. The van der Waals surface area contributed by atoms with Crippen molar-refractivity contribution < 1.29 is 9.53 Å². The molecule has 3 heterocycles. The summed E-state index contributed by atoms with van der Waals surface area (Å²) >= 11 is 0. The molecule has 188 valence electrons. The first kappa shape index (κ1) is 24.4. The third-order valence-corrected chi connectivity index (χ3v) is 8.42. The standard InChI is InChI=1S/C29H40N4O2/c1-2-27(34)33(26-12-6-9-16-30-26)24-28(15-21-35-29(23-28)13-7-8-14-29)32-19-17-31(18-20-32)22-25-10-4-3-5-11-25/h3-6,9-12,16H,2,7-8,13-15,17-24H2,1H3. The zero-order chi connectivity index (χ0) is 24.1. The number of anilines is 1. The Labute approximate surface area is 210 Å². The summed E-state index contributed by atoms with van der Waals surface area (Å²) in [5.74, 6) is 0.922. The van der Waals surface area contributed by atoms with Crippen LogP contribution in [-0.2, 0) is 16.1 Å². The number of nitrogens with zero attached hydrogens (tertiary/aromatic N) is 4. The Morgan fingerprint density at radius 1 is 1.00 bits per heavy atom. The third kappa shape index (κ3) is 5.45. The number of rotatable bonds is 7. The highest BCUT2D eigenvalue weighted by atomic mass is 16.5. The normalized spacial score (nSPS) is 25.1. The lowest BCUT2D eigenvalue weighted by molar-refractivity contribution is -0.141. The second kappa shape index (κ2) is 10.8. The zero-order valence-electron chi connectivity index (χ0n) is 21.2. The number of carbonyl (C=O) groups is 1. The van der Waals surface area contributed by atoms with E-state index < -0.39 is 0 Å². The molecule has 1 spiro atoms. The Morgan fingerprint density at radius 2 is 1.74 bits per heavy atom. The fraction of sp³-hybridized carbons (Fsp3) is 0.586. The molecule has 3 fully saturated rings. The maximum atomic E-state index is 13.2. The van der Waals surface area contributed by atoms with Gasteiger partial charge in [0, 0.05) is 64.0 Å². The second-order valence-corrected chi connectivity index (χ2v) is 10.7. The summed E-state index contributed by atoms with van der Waals surface area (Å²) in [4.78, 5) is 25.0. The van der Waals surface area contributed by atoms with Crippen molar-refractivity contribution in [1.82, 2.24) is 14.8 Å². The van der Waals surface area contributed by atoms with Crippen molar-refractivity contribution in [2.75, 3.05) is 44.2 Å². The molecule has 1 aliphatic carbocycles. The van der Waals surface area contributed by atoms with Gasteiger partial charge in [-0.1, -0.05) is 56.2 Å². The maximum absolute atomic E-state index is 13.2. The topological polar surface area (TPSA) is 48.9 Å². The van der Waals surface area contributed by atoms with Gasteiger partial charge in [-0.25, -0.2) is 4.98 Å². The second-order valence-electron chi connectivity index (χ2n) is 10.7. The average Bonchev–Trinajstić information content (AvgIpc) is 3.35. The van der Waals surface area contributed by atoms with Crippen LogP contribution in [0.2, 0.25) is 0 Å². The van der Waals surface area contributed by atoms with Crippen LogP contribution in [0.3, 0.4) is 0 Å². The quantitative estimate of drug-likeness (QED) is 0.589. The van der Waals surface area contributed by atoms with Crippen molar-refractivity contribution in [3.63, 3.8) is 0 Å². The zero-order valence-corrected chi connectivity index (χ0v) is 21.2. The van der Waals surface area contributed by atoms with Crippen LogP contribution in [0.15, 0.2) is 54.7 Å². The lowest BCUT2D eigenvalue weighted by Crippen LogP contribution is -2.66. The molecule has 1 saturated carbocycles. The number of aromatic nitrogens is 1. The summed E-state index contributed by atoms with van der Waals surface area (Å²) in [6.07, 6.45) is 9.05. The number of ether oxygens (including phenoxy) is 1. The summed E-state index contributed by atoms with van der Waals surface area (Å²) in [6, 6.07) is 16.6. The van der Waals surface area contributed by atoms with Crippen LogP contribution in [-0.4, -0.2) is 71.2 Å². The third-order valence-electron chi connectivity index (χ3n) is 8.42. The number of hydrogen-bond donors (Lipinski definition) is 0. The Kier molecular flexibility index (Phi) is 7.51. The fourth-order valence-electron chi connectivity index (χ4n) is 6.56. The predicted molar refractivity (Wildman–Crippen MR) is 139 cm³/mol. The maximum Gasteiger partial charge on any atom is 0.227 e. The molecule has 6 nitrogen and oxygen atoms in total. The number of benzene rings is 1. The van der Waals surface area contributed by atoms with E-state index in [0.717, 1.165) is 70.8 Å². The predicted octanol–water partition coefficient (Wildman–Crippen LogP) is 4.50. The van der Waals surface area contributed by atoms with Crippen molar-refractivity contribution in [1.29, 1.82) is 0 Å². The van der Waals surface area contributed by atoms with E-state index in [1.807, 2.05) is 30.0 Å². The highest BCUT2D eigenvalue weighted by molar-refractivity contribution is 5.92. The highest BCUT2D eigenvalue weighted by Gasteiger charge is 2.51. The van der Waals surface area contributed by atoms with E-state index in [4.69, 9.17) is 4.74 Å². The van der Waals surface area contributed by atoms with Crippen LogP contribution in [0, 0.1) is 0 Å². The Bertz CT molecular complexity index is 955. The lowest BCUT2D eigenvalue weighted by Gasteiger charge is -2.55. The van der Waals surface area contributed by atoms with E-state index in [-0.39, 0.29) is 17.0 Å². The SMILES string of the molecule is CCC(=O)N(CC1(N2CCN(Cc3ccccc3)CC2)CCOC2(CCCC2)C1)c1ccccn1. The molecule has 5 rings (SSSR count). The van der Waals surface area contributed by atoms with Gasteiger partial charge in [0.2, 0.25) is 5.91 Å². The van der Waals surface area contributed by atoms with Gasteiger partial charge in [0.1, 0.15) is 5.82 Å². The van der Waals surface area contributed by atoms with Crippen molar-refractivity contribution >= 4 is 11.7 Å². The van der Waals surface area contributed by atoms with Crippen molar-refractivity contribution in [3.8, 4) is 0 Å². The van der Waals surface area contributed by atoms with Crippen LogP contribution < -0.4 is 4.90 Å². The van der Waals surface area contributed by atoms with Gasteiger partial charge in [0.15, 0.2) is 0 Å². The van der Waals surface area contributed by atoms with Crippen molar-refractivity contribution in [3.05, 3.63) is 60.3 Å². The summed E-state index contributed by atoms with van der Waals surface area (Å²) in [5.41, 5.74) is 1.27. The molecule has 3 aliphatic rings. The molecular weight excluding hydrogens is 436 g/mol. The van der Waals surface area contributed by atoms with Gasteiger partial charge in [0.05, 0.1) is 5.60 Å². The minimum atomic E-state index is -0.0796. The summed E-state index contributed by atoms with van der Waals surface area (Å²) in [5, 5.41) is 0. The van der Waals surface area contributed by atoms with E-state index in [0.29, 0.717) is 13.0 Å². The first-order chi connectivity index (χ1) is 17.1. The van der Waals surface area contributed by atoms with E-state index in [1.54, 1.807) is 6.20 Å². The number of amides is 1. The fourth-order valence-corrected chi connectivity index (χ4v) is 6.56. The smallest absolute Gasteiger partial charge is 0.227 e. The van der Waals surface area contributed by atoms with Crippen molar-refractivity contribution in [2.24, 2.45) is 0 Å². The van der Waals surface area contributed by atoms with Crippen LogP contribution in [0.4, 0.5) is 5.82 Å². The lowest BCUT2D eigenvalue weighted by atomic mass is 9.76. The van der Waals surface area contributed by atoms with Gasteiger partial charge in [-0.3, -0.25) is 19.5 Å². The Balaban J connectivity index is 1.38. The molecule has 6 heteroatoms. The van der Waals surface area contributed by atoms with E-state index in [2.05, 4.69) is 45.1 Å².